The summed E-state index contributed by atoms with van der Waals surface area (Å²) in [5.41, 5.74) is 0.405. The van der Waals surface area contributed by atoms with Crippen LogP contribution in [0, 0.1) is 5.82 Å². The Bertz CT molecular complexity index is 582. The normalized spacial score (nSPS) is 10.6. The molecule has 0 aliphatic carbocycles. The van der Waals surface area contributed by atoms with Crippen LogP contribution in [0.15, 0.2) is 29.4 Å². The van der Waals surface area contributed by atoms with E-state index in [1.54, 1.807) is 29.8 Å². The standard InChI is InChI=1S/C12H12FN3OS/c1-8(17)7-18-12-15-14-11(16(12)2)9-5-3-4-6-10(9)13/h3-6H,7H2,1-2H3. The first-order valence-electron chi connectivity index (χ1n) is 5.36. The minimum absolute atomic E-state index is 0.0652. The second-order valence-corrected chi connectivity index (χ2v) is 4.78. The quantitative estimate of drug-likeness (QED) is 0.796. The van der Waals surface area contributed by atoms with Crippen molar-refractivity contribution in [3.8, 4) is 11.4 Å². The first kappa shape index (κ1) is 12.8. The zero-order valence-electron chi connectivity index (χ0n) is 10.1. The van der Waals surface area contributed by atoms with Gasteiger partial charge in [-0.25, -0.2) is 4.39 Å². The van der Waals surface area contributed by atoms with Gasteiger partial charge in [-0.15, -0.1) is 10.2 Å². The van der Waals surface area contributed by atoms with E-state index in [9.17, 15) is 9.18 Å². The van der Waals surface area contributed by atoms with Crippen LogP contribution in [-0.2, 0) is 11.8 Å². The third kappa shape index (κ3) is 2.59. The average Bonchev–Trinajstić information content (AvgIpc) is 2.69. The van der Waals surface area contributed by atoms with Crippen molar-refractivity contribution in [2.75, 3.05) is 5.75 Å². The Balaban J connectivity index is 2.31. The summed E-state index contributed by atoms with van der Waals surface area (Å²) in [6.45, 7) is 1.52. The lowest BCUT2D eigenvalue weighted by Crippen LogP contribution is -1.99. The third-order valence-corrected chi connectivity index (χ3v) is 3.52. The maximum atomic E-state index is 13.6. The second kappa shape index (κ2) is 5.30. The fourth-order valence-electron chi connectivity index (χ4n) is 1.48. The number of ketones is 1. The molecule has 0 fully saturated rings. The molecule has 0 aliphatic heterocycles. The molecule has 0 radical (unpaired) electrons. The molecule has 0 spiro atoms. The van der Waals surface area contributed by atoms with Crippen LogP contribution in [-0.4, -0.2) is 26.3 Å². The molecule has 18 heavy (non-hydrogen) atoms. The van der Waals surface area contributed by atoms with Crippen molar-refractivity contribution in [2.45, 2.75) is 12.1 Å². The van der Waals surface area contributed by atoms with E-state index >= 15 is 0 Å². The Labute approximate surface area is 108 Å². The van der Waals surface area contributed by atoms with Gasteiger partial charge in [0.15, 0.2) is 11.0 Å². The highest BCUT2D eigenvalue weighted by molar-refractivity contribution is 7.99. The van der Waals surface area contributed by atoms with Gasteiger partial charge in [-0.05, 0) is 19.1 Å². The Kier molecular flexibility index (Phi) is 3.76. The molecule has 6 heteroatoms. The van der Waals surface area contributed by atoms with Crippen molar-refractivity contribution in [1.29, 1.82) is 0 Å². The number of benzene rings is 1. The number of thioether (sulfide) groups is 1. The SMILES string of the molecule is CC(=O)CSc1nnc(-c2ccccc2F)n1C. The highest BCUT2D eigenvalue weighted by Crippen LogP contribution is 2.24. The molecule has 2 aromatic rings. The van der Waals surface area contributed by atoms with Crippen LogP contribution in [0.3, 0.4) is 0 Å². The van der Waals surface area contributed by atoms with Crippen molar-refractivity contribution in [2.24, 2.45) is 7.05 Å². The van der Waals surface area contributed by atoms with Crippen molar-refractivity contribution in [3.63, 3.8) is 0 Å². The lowest BCUT2D eigenvalue weighted by Gasteiger charge is -2.03. The first-order chi connectivity index (χ1) is 8.59. The smallest absolute Gasteiger partial charge is 0.191 e. The monoisotopic (exact) mass is 265 g/mol. The summed E-state index contributed by atoms with van der Waals surface area (Å²) < 4.78 is 15.3. The molecular formula is C12H12FN3OS. The predicted octanol–water partition coefficient (Wildman–Crippen LogP) is 2.30. The van der Waals surface area contributed by atoms with Crippen LogP contribution in [0.25, 0.3) is 11.4 Å². The third-order valence-electron chi connectivity index (χ3n) is 2.35. The molecule has 1 aromatic carbocycles. The number of aromatic nitrogens is 3. The van der Waals surface area contributed by atoms with Gasteiger partial charge in [0.05, 0.1) is 11.3 Å². The van der Waals surface area contributed by atoms with Crippen LogP contribution in [0.4, 0.5) is 4.39 Å². The van der Waals surface area contributed by atoms with Gasteiger partial charge in [0, 0.05) is 7.05 Å². The largest absolute Gasteiger partial charge is 0.305 e. The Morgan fingerprint density at radius 1 is 1.39 bits per heavy atom. The van der Waals surface area contributed by atoms with E-state index in [1.165, 1.54) is 24.8 Å². The van der Waals surface area contributed by atoms with Crippen molar-refractivity contribution < 1.29 is 9.18 Å². The lowest BCUT2D eigenvalue weighted by molar-refractivity contribution is -0.114. The van der Waals surface area contributed by atoms with Gasteiger partial charge in [-0.2, -0.15) is 0 Å². The molecule has 0 saturated heterocycles. The summed E-state index contributed by atoms with van der Waals surface area (Å²) in [4.78, 5) is 10.9. The fourth-order valence-corrected chi connectivity index (χ4v) is 2.19. The van der Waals surface area contributed by atoms with Gasteiger partial charge >= 0.3 is 0 Å². The van der Waals surface area contributed by atoms with Gasteiger partial charge in [-0.1, -0.05) is 23.9 Å². The predicted molar refractivity (Wildman–Crippen MR) is 67.8 cm³/mol. The van der Waals surface area contributed by atoms with E-state index in [4.69, 9.17) is 0 Å². The number of carbonyl (C=O) groups excluding carboxylic acids is 1. The summed E-state index contributed by atoms with van der Waals surface area (Å²) in [6, 6.07) is 6.40. The van der Waals surface area contributed by atoms with Crippen LogP contribution in [0.1, 0.15) is 6.92 Å². The summed E-state index contributed by atoms with van der Waals surface area (Å²) in [5, 5.41) is 8.53. The van der Waals surface area contributed by atoms with E-state index in [0.29, 0.717) is 22.3 Å². The molecule has 0 N–H and O–H groups in total. The average molecular weight is 265 g/mol. The summed E-state index contributed by atoms with van der Waals surface area (Å²) in [7, 11) is 1.75. The molecule has 0 aliphatic rings. The van der Waals surface area contributed by atoms with E-state index < -0.39 is 0 Å². The number of hydrogen-bond acceptors (Lipinski definition) is 4. The number of hydrogen-bond donors (Lipinski definition) is 0. The van der Waals surface area contributed by atoms with E-state index in [-0.39, 0.29) is 11.6 Å². The summed E-state index contributed by atoms with van der Waals surface area (Å²) in [6.07, 6.45) is 0. The van der Waals surface area contributed by atoms with Crippen molar-refractivity contribution >= 4 is 17.5 Å². The molecule has 4 nitrogen and oxygen atoms in total. The zero-order chi connectivity index (χ0) is 13.1. The Morgan fingerprint density at radius 3 is 2.78 bits per heavy atom. The molecule has 0 unspecified atom stereocenters. The number of Topliss-reactive ketones (excluding diaryl/α,β-unsaturated/α-hetero) is 1. The van der Waals surface area contributed by atoms with Gasteiger partial charge in [-0.3, -0.25) is 4.79 Å². The lowest BCUT2D eigenvalue weighted by atomic mass is 10.2. The number of nitrogens with zero attached hydrogens (tertiary/aromatic N) is 3. The number of carbonyl (C=O) groups is 1. The molecular weight excluding hydrogens is 253 g/mol. The topological polar surface area (TPSA) is 47.8 Å². The maximum absolute atomic E-state index is 13.6. The molecule has 0 atom stereocenters. The van der Waals surface area contributed by atoms with E-state index in [1.807, 2.05) is 0 Å². The van der Waals surface area contributed by atoms with Crippen LogP contribution in [0.5, 0.6) is 0 Å². The Hall–Kier alpha value is -1.69. The minimum Gasteiger partial charge on any atom is -0.305 e. The first-order valence-corrected chi connectivity index (χ1v) is 6.34. The molecule has 0 bridgehead atoms. The number of halogens is 1. The molecule has 0 amide bonds. The molecule has 94 valence electrons. The van der Waals surface area contributed by atoms with Crippen molar-refractivity contribution in [3.05, 3.63) is 30.1 Å². The number of rotatable bonds is 4. The maximum Gasteiger partial charge on any atom is 0.191 e. The molecule has 1 heterocycles. The van der Waals surface area contributed by atoms with Crippen LogP contribution >= 0.6 is 11.8 Å². The van der Waals surface area contributed by atoms with Gasteiger partial charge in [0.2, 0.25) is 0 Å². The van der Waals surface area contributed by atoms with Gasteiger partial charge in [0.25, 0.3) is 0 Å². The van der Waals surface area contributed by atoms with Crippen molar-refractivity contribution in [1.82, 2.24) is 14.8 Å². The highest BCUT2D eigenvalue weighted by atomic mass is 32.2. The second-order valence-electron chi connectivity index (χ2n) is 3.84. The molecule has 0 saturated carbocycles. The summed E-state index contributed by atoms with van der Waals surface area (Å²) in [5.74, 6) is 0.522. The zero-order valence-corrected chi connectivity index (χ0v) is 10.9. The highest BCUT2D eigenvalue weighted by Gasteiger charge is 2.14. The van der Waals surface area contributed by atoms with E-state index in [2.05, 4.69) is 10.2 Å². The van der Waals surface area contributed by atoms with Gasteiger partial charge in [0.1, 0.15) is 11.6 Å². The minimum atomic E-state index is -0.337. The van der Waals surface area contributed by atoms with Crippen LogP contribution in [0.2, 0.25) is 0 Å². The van der Waals surface area contributed by atoms with E-state index in [0.717, 1.165) is 0 Å². The van der Waals surface area contributed by atoms with Gasteiger partial charge < -0.3 is 4.57 Å². The fraction of sp³-hybridized carbons (Fsp3) is 0.250. The molecule has 1 aromatic heterocycles. The van der Waals surface area contributed by atoms with Crippen LogP contribution < -0.4 is 0 Å². The Morgan fingerprint density at radius 2 is 2.11 bits per heavy atom. The summed E-state index contributed by atoms with van der Waals surface area (Å²) >= 11 is 1.29. The molecule has 2 rings (SSSR count).